The zero-order valence-electron chi connectivity index (χ0n) is 34.8. The van der Waals surface area contributed by atoms with Crippen LogP contribution in [0.4, 0.5) is 0 Å². The molecular formula is C48H89NO3. The minimum atomic E-state index is -0.858. The van der Waals surface area contributed by atoms with Crippen LogP contribution in [0.15, 0.2) is 48.6 Å². The molecule has 0 aliphatic rings. The van der Waals surface area contributed by atoms with Gasteiger partial charge in [0.05, 0.1) is 18.8 Å². The molecule has 0 rings (SSSR count). The molecular weight excluding hydrogens is 639 g/mol. The van der Waals surface area contributed by atoms with E-state index in [9.17, 15) is 15.0 Å². The molecule has 2 unspecified atom stereocenters. The van der Waals surface area contributed by atoms with Crippen molar-refractivity contribution in [2.24, 2.45) is 0 Å². The Hall–Kier alpha value is -1.65. The standard InChI is InChI=1S/C48H89NO3/c1-3-5-7-9-11-13-14-15-16-17-18-19-20-21-22-23-24-25-26-27-28-29-30-31-32-33-34-36-38-40-42-44-48(52)49-46(45-50)47(51)43-41-39-37-35-12-10-8-6-4-2/h12,14-15,17-18,35,41,43,46-47,50-51H,3-11,13,16,19-34,36-40,42,44-45H2,1-2H3,(H,49,52)/b15-14-,18-17-,35-12+,43-41+. The molecule has 0 radical (unpaired) electrons. The third-order valence-electron chi connectivity index (χ3n) is 10.3. The van der Waals surface area contributed by atoms with Crippen molar-refractivity contribution in [2.45, 2.75) is 244 Å². The summed E-state index contributed by atoms with van der Waals surface area (Å²) in [5.41, 5.74) is 0. The van der Waals surface area contributed by atoms with Crippen LogP contribution in [-0.4, -0.2) is 34.9 Å². The lowest BCUT2D eigenvalue weighted by Crippen LogP contribution is -2.45. The molecule has 4 nitrogen and oxygen atoms in total. The number of hydrogen-bond acceptors (Lipinski definition) is 3. The first-order chi connectivity index (χ1) is 25.7. The van der Waals surface area contributed by atoms with Gasteiger partial charge in [0, 0.05) is 6.42 Å². The van der Waals surface area contributed by atoms with E-state index in [2.05, 4.69) is 55.6 Å². The minimum Gasteiger partial charge on any atom is -0.394 e. The number of rotatable bonds is 41. The van der Waals surface area contributed by atoms with Crippen LogP contribution in [0.2, 0.25) is 0 Å². The third kappa shape index (κ3) is 39.6. The Bertz CT molecular complexity index is 831. The zero-order chi connectivity index (χ0) is 37.8. The van der Waals surface area contributed by atoms with Crippen molar-refractivity contribution in [3.63, 3.8) is 0 Å². The van der Waals surface area contributed by atoms with Gasteiger partial charge in [-0.25, -0.2) is 0 Å². The number of aliphatic hydroxyl groups excluding tert-OH is 2. The molecule has 52 heavy (non-hydrogen) atoms. The molecule has 0 saturated heterocycles. The topological polar surface area (TPSA) is 69.6 Å². The van der Waals surface area contributed by atoms with Gasteiger partial charge in [-0.1, -0.05) is 210 Å². The van der Waals surface area contributed by atoms with E-state index in [1.165, 1.54) is 173 Å². The van der Waals surface area contributed by atoms with Gasteiger partial charge in [0.15, 0.2) is 0 Å². The first kappa shape index (κ1) is 50.4. The summed E-state index contributed by atoms with van der Waals surface area (Å²) in [7, 11) is 0. The predicted molar refractivity (Wildman–Crippen MR) is 230 cm³/mol. The molecule has 0 aromatic rings. The highest BCUT2D eigenvalue weighted by Crippen LogP contribution is 2.15. The van der Waals surface area contributed by atoms with Crippen molar-refractivity contribution in [2.75, 3.05) is 6.61 Å². The third-order valence-corrected chi connectivity index (χ3v) is 10.3. The number of unbranched alkanes of at least 4 members (excludes halogenated alkanes) is 28. The van der Waals surface area contributed by atoms with E-state index < -0.39 is 12.1 Å². The fraction of sp³-hybridized carbons (Fsp3) is 0.812. The van der Waals surface area contributed by atoms with Gasteiger partial charge in [-0.05, 0) is 64.2 Å². The van der Waals surface area contributed by atoms with Gasteiger partial charge in [-0.2, -0.15) is 0 Å². The van der Waals surface area contributed by atoms with Gasteiger partial charge in [0.2, 0.25) is 5.91 Å². The molecule has 4 heteroatoms. The largest absolute Gasteiger partial charge is 0.394 e. The smallest absolute Gasteiger partial charge is 0.220 e. The van der Waals surface area contributed by atoms with E-state index in [1.807, 2.05) is 6.08 Å². The highest BCUT2D eigenvalue weighted by molar-refractivity contribution is 5.76. The summed E-state index contributed by atoms with van der Waals surface area (Å²) in [6.07, 6.45) is 59.6. The van der Waals surface area contributed by atoms with Crippen molar-refractivity contribution in [3.05, 3.63) is 48.6 Å². The Morgan fingerprint density at radius 3 is 1.27 bits per heavy atom. The number of nitrogens with one attached hydrogen (secondary N) is 1. The fourth-order valence-electron chi connectivity index (χ4n) is 6.75. The Morgan fingerprint density at radius 1 is 0.462 bits per heavy atom. The lowest BCUT2D eigenvalue weighted by Gasteiger charge is -2.19. The van der Waals surface area contributed by atoms with Crippen LogP contribution in [0, 0.1) is 0 Å². The van der Waals surface area contributed by atoms with E-state index in [0.29, 0.717) is 6.42 Å². The second kappa shape index (κ2) is 43.8. The number of hydrogen-bond donors (Lipinski definition) is 3. The average Bonchev–Trinajstić information content (AvgIpc) is 3.15. The molecule has 0 bridgehead atoms. The summed E-state index contributed by atoms with van der Waals surface area (Å²) < 4.78 is 0. The summed E-state index contributed by atoms with van der Waals surface area (Å²) in [5.74, 6) is -0.0755. The van der Waals surface area contributed by atoms with E-state index in [0.717, 1.165) is 38.5 Å². The summed E-state index contributed by atoms with van der Waals surface area (Å²) in [6, 6.07) is -0.635. The van der Waals surface area contributed by atoms with Crippen LogP contribution in [0.1, 0.15) is 232 Å². The lowest BCUT2D eigenvalue weighted by atomic mass is 10.0. The predicted octanol–water partition coefficient (Wildman–Crippen LogP) is 14.4. The molecule has 0 aromatic heterocycles. The van der Waals surface area contributed by atoms with Gasteiger partial charge in [0.25, 0.3) is 0 Å². The van der Waals surface area contributed by atoms with E-state index in [1.54, 1.807) is 6.08 Å². The van der Waals surface area contributed by atoms with Gasteiger partial charge >= 0.3 is 0 Å². The highest BCUT2D eigenvalue weighted by Gasteiger charge is 2.17. The Morgan fingerprint density at radius 2 is 0.808 bits per heavy atom. The molecule has 304 valence electrons. The highest BCUT2D eigenvalue weighted by atomic mass is 16.3. The Kier molecular flexibility index (Phi) is 42.4. The average molecular weight is 728 g/mol. The Labute approximate surface area is 324 Å². The monoisotopic (exact) mass is 728 g/mol. The first-order valence-electron chi connectivity index (χ1n) is 22.9. The number of amides is 1. The maximum atomic E-state index is 12.3. The summed E-state index contributed by atoms with van der Waals surface area (Å²) in [4.78, 5) is 12.3. The quantitative estimate of drug-likeness (QED) is 0.0434. The van der Waals surface area contributed by atoms with Crippen molar-refractivity contribution in [1.29, 1.82) is 0 Å². The molecule has 0 saturated carbocycles. The second-order valence-corrected chi connectivity index (χ2v) is 15.5. The molecule has 0 aromatic carbocycles. The van der Waals surface area contributed by atoms with Crippen molar-refractivity contribution in [3.8, 4) is 0 Å². The molecule has 0 aliphatic carbocycles. The molecule has 3 N–H and O–H groups in total. The fourth-order valence-corrected chi connectivity index (χ4v) is 6.75. The van der Waals surface area contributed by atoms with Crippen LogP contribution in [0.3, 0.4) is 0 Å². The summed E-state index contributed by atoms with van der Waals surface area (Å²) in [6.45, 7) is 4.24. The molecule has 1 amide bonds. The maximum Gasteiger partial charge on any atom is 0.220 e. The van der Waals surface area contributed by atoms with E-state index in [-0.39, 0.29) is 12.5 Å². The van der Waals surface area contributed by atoms with Gasteiger partial charge in [0.1, 0.15) is 0 Å². The van der Waals surface area contributed by atoms with Crippen LogP contribution in [0.5, 0.6) is 0 Å². The molecule has 2 atom stereocenters. The maximum absolute atomic E-state index is 12.3. The SMILES string of the molecule is CCCCC/C=C/CC/C=C/C(O)C(CO)NC(=O)CCCCCCCCCCCCCCCCCCCCC/C=C\C/C=C\CCCCCCC. The van der Waals surface area contributed by atoms with Gasteiger partial charge in [-0.15, -0.1) is 0 Å². The van der Waals surface area contributed by atoms with E-state index in [4.69, 9.17) is 0 Å². The van der Waals surface area contributed by atoms with Gasteiger partial charge in [-0.3, -0.25) is 4.79 Å². The number of carbonyl (C=O) groups excluding carboxylic acids is 1. The van der Waals surface area contributed by atoms with Crippen LogP contribution < -0.4 is 5.32 Å². The molecule has 0 heterocycles. The minimum absolute atomic E-state index is 0.0755. The van der Waals surface area contributed by atoms with E-state index >= 15 is 0 Å². The molecule has 0 spiro atoms. The first-order valence-corrected chi connectivity index (χ1v) is 22.9. The van der Waals surface area contributed by atoms with Crippen LogP contribution in [0.25, 0.3) is 0 Å². The van der Waals surface area contributed by atoms with Crippen LogP contribution >= 0.6 is 0 Å². The van der Waals surface area contributed by atoms with Crippen molar-refractivity contribution >= 4 is 5.91 Å². The lowest BCUT2D eigenvalue weighted by molar-refractivity contribution is -0.123. The van der Waals surface area contributed by atoms with Gasteiger partial charge < -0.3 is 15.5 Å². The molecule has 0 aliphatic heterocycles. The number of carbonyl (C=O) groups is 1. The van der Waals surface area contributed by atoms with Crippen molar-refractivity contribution in [1.82, 2.24) is 5.32 Å². The number of allylic oxidation sites excluding steroid dienone is 7. The number of aliphatic hydroxyl groups is 2. The zero-order valence-corrected chi connectivity index (χ0v) is 34.8. The summed E-state index contributed by atoms with van der Waals surface area (Å²) >= 11 is 0. The van der Waals surface area contributed by atoms with Crippen LogP contribution in [-0.2, 0) is 4.79 Å². The second-order valence-electron chi connectivity index (χ2n) is 15.5. The normalized spacial score (nSPS) is 13.4. The van der Waals surface area contributed by atoms with Crippen molar-refractivity contribution < 1.29 is 15.0 Å². The Balaban J connectivity index is 3.43. The molecule has 0 fully saturated rings. The summed E-state index contributed by atoms with van der Waals surface area (Å²) in [5, 5.41) is 22.8.